The van der Waals surface area contributed by atoms with Crippen molar-refractivity contribution in [3.05, 3.63) is 35.9 Å². The second-order valence-electron chi connectivity index (χ2n) is 4.11. The van der Waals surface area contributed by atoms with E-state index in [9.17, 15) is 13.2 Å². The van der Waals surface area contributed by atoms with E-state index >= 15 is 0 Å². The normalized spacial score (nSPS) is 12.4. The van der Waals surface area contributed by atoms with Crippen molar-refractivity contribution in [2.75, 3.05) is 5.75 Å². The van der Waals surface area contributed by atoms with E-state index in [1.807, 2.05) is 6.92 Å². The van der Waals surface area contributed by atoms with Gasteiger partial charge in [-0.2, -0.15) is 0 Å². The third kappa shape index (κ3) is 4.21. The molecule has 0 radical (unpaired) electrons. The van der Waals surface area contributed by atoms with Gasteiger partial charge in [0.1, 0.15) is 0 Å². The molecule has 0 aromatic heterocycles. The van der Waals surface area contributed by atoms with E-state index in [-0.39, 0.29) is 12.2 Å². The number of carboxylic acid groups (broad SMARTS) is 1. The minimum absolute atomic E-state index is 0.0296. The van der Waals surface area contributed by atoms with Gasteiger partial charge in [-0.05, 0) is 29.7 Å². The Morgan fingerprint density at radius 2 is 1.79 bits per heavy atom. The number of allylic oxidation sites excluding steroid dienone is 1. The molecular formula is C14H18O4S. The highest BCUT2D eigenvalue weighted by molar-refractivity contribution is 7.91. The number of hydrogen-bond donors (Lipinski definition) is 1. The molecule has 0 atom stereocenters. The predicted molar refractivity (Wildman–Crippen MR) is 74.7 cm³/mol. The van der Waals surface area contributed by atoms with Crippen molar-refractivity contribution >= 4 is 21.4 Å². The van der Waals surface area contributed by atoms with Crippen LogP contribution in [0.2, 0.25) is 0 Å². The number of sulfone groups is 1. The first kappa shape index (κ1) is 15.4. The fourth-order valence-electron chi connectivity index (χ4n) is 1.72. The molecule has 1 aromatic carbocycles. The van der Waals surface area contributed by atoms with E-state index < -0.39 is 15.8 Å². The Morgan fingerprint density at radius 3 is 2.21 bits per heavy atom. The van der Waals surface area contributed by atoms with Crippen molar-refractivity contribution in [1.29, 1.82) is 0 Å². The molecule has 0 heterocycles. The second kappa shape index (κ2) is 6.52. The van der Waals surface area contributed by atoms with Crippen molar-refractivity contribution in [2.45, 2.75) is 31.6 Å². The first-order valence-electron chi connectivity index (χ1n) is 6.14. The Hall–Kier alpha value is -1.62. The molecular weight excluding hydrogens is 264 g/mol. The lowest BCUT2D eigenvalue weighted by atomic mass is 10.0. The van der Waals surface area contributed by atoms with Gasteiger partial charge in [-0.3, -0.25) is 4.79 Å². The Kier molecular flexibility index (Phi) is 5.30. The highest BCUT2D eigenvalue weighted by Gasteiger charge is 2.11. The number of aliphatic carboxylic acids is 1. The molecule has 1 aromatic rings. The molecule has 0 aliphatic rings. The quantitative estimate of drug-likeness (QED) is 0.870. The molecule has 1 N–H and O–H groups in total. The van der Waals surface area contributed by atoms with Gasteiger partial charge < -0.3 is 5.11 Å². The third-order valence-corrected chi connectivity index (χ3v) is 4.62. The van der Waals surface area contributed by atoms with Crippen molar-refractivity contribution in [3.63, 3.8) is 0 Å². The minimum Gasteiger partial charge on any atom is -0.481 e. The summed E-state index contributed by atoms with van der Waals surface area (Å²) in [5, 5.41) is 8.66. The summed E-state index contributed by atoms with van der Waals surface area (Å²) in [6.45, 7) is 3.54. The molecule has 0 saturated carbocycles. The van der Waals surface area contributed by atoms with Crippen molar-refractivity contribution in [2.24, 2.45) is 0 Å². The maximum atomic E-state index is 11.7. The number of carboxylic acids is 1. The van der Waals surface area contributed by atoms with Crippen LogP contribution < -0.4 is 0 Å². The molecule has 0 amide bonds. The monoisotopic (exact) mass is 282 g/mol. The van der Waals surface area contributed by atoms with Crippen molar-refractivity contribution in [3.8, 4) is 0 Å². The van der Waals surface area contributed by atoms with Crippen LogP contribution >= 0.6 is 0 Å². The highest BCUT2D eigenvalue weighted by Crippen LogP contribution is 2.21. The van der Waals surface area contributed by atoms with Crippen LogP contribution in [0.15, 0.2) is 35.2 Å². The molecule has 0 aliphatic carbocycles. The van der Waals surface area contributed by atoms with Crippen LogP contribution in [0.25, 0.3) is 5.57 Å². The maximum Gasteiger partial charge on any atom is 0.307 e. The lowest BCUT2D eigenvalue weighted by Gasteiger charge is -2.07. The summed E-state index contributed by atoms with van der Waals surface area (Å²) in [4.78, 5) is 10.9. The van der Waals surface area contributed by atoms with Crippen LogP contribution in [0, 0.1) is 0 Å². The molecule has 0 fully saturated rings. The summed E-state index contributed by atoms with van der Waals surface area (Å²) in [7, 11) is -3.19. The highest BCUT2D eigenvalue weighted by atomic mass is 32.2. The Labute approximate surface area is 113 Å². The minimum atomic E-state index is -3.19. The van der Waals surface area contributed by atoms with Gasteiger partial charge in [0.25, 0.3) is 0 Å². The van der Waals surface area contributed by atoms with Crippen molar-refractivity contribution in [1.82, 2.24) is 0 Å². The summed E-state index contributed by atoms with van der Waals surface area (Å²) >= 11 is 0. The lowest BCUT2D eigenvalue weighted by Crippen LogP contribution is -2.03. The first-order chi connectivity index (χ1) is 8.90. The number of hydrogen-bond acceptors (Lipinski definition) is 3. The molecule has 5 heteroatoms. The van der Waals surface area contributed by atoms with Crippen LogP contribution in [-0.2, 0) is 14.6 Å². The molecule has 0 unspecified atom stereocenters. The first-order valence-corrected chi connectivity index (χ1v) is 7.80. The smallest absolute Gasteiger partial charge is 0.307 e. The Morgan fingerprint density at radius 1 is 1.21 bits per heavy atom. The summed E-state index contributed by atoms with van der Waals surface area (Å²) in [5.41, 5.74) is 1.77. The molecule has 0 bridgehead atoms. The summed E-state index contributed by atoms with van der Waals surface area (Å²) in [5.74, 6) is -0.807. The summed E-state index contributed by atoms with van der Waals surface area (Å²) < 4.78 is 23.3. The van der Waals surface area contributed by atoms with Gasteiger partial charge in [0.2, 0.25) is 0 Å². The molecule has 19 heavy (non-hydrogen) atoms. The van der Waals surface area contributed by atoms with E-state index in [2.05, 4.69) is 0 Å². The lowest BCUT2D eigenvalue weighted by molar-refractivity contribution is -0.135. The zero-order valence-corrected chi connectivity index (χ0v) is 11.9. The van der Waals surface area contributed by atoms with Crippen LogP contribution in [0.5, 0.6) is 0 Å². The van der Waals surface area contributed by atoms with E-state index in [1.165, 1.54) is 0 Å². The molecule has 4 nitrogen and oxygen atoms in total. The average molecular weight is 282 g/mol. The van der Waals surface area contributed by atoms with Crippen LogP contribution in [0.3, 0.4) is 0 Å². The fourth-order valence-corrected chi connectivity index (χ4v) is 2.60. The molecule has 1 rings (SSSR count). The van der Waals surface area contributed by atoms with E-state index in [1.54, 1.807) is 37.3 Å². The van der Waals surface area contributed by atoms with Gasteiger partial charge in [-0.1, -0.05) is 32.1 Å². The Balaban J connectivity index is 3.03. The predicted octanol–water partition coefficient (Wildman–Crippen LogP) is 2.75. The van der Waals surface area contributed by atoms with Crippen LogP contribution in [-0.4, -0.2) is 25.2 Å². The third-order valence-electron chi connectivity index (χ3n) is 2.87. The molecule has 0 spiro atoms. The van der Waals surface area contributed by atoms with Crippen LogP contribution in [0.1, 0.15) is 32.3 Å². The van der Waals surface area contributed by atoms with Gasteiger partial charge in [0.05, 0.1) is 17.1 Å². The second-order valence-corrected chi connectivity index (χ2v) is 6.39. The largest absolute Gasteiger partial charge is 0.481 e. The van der Waals surface area contributed by atoms with Gasteiger partial charge in [-0.25, -0.2) is 8.42 Å². The molecule has 104 valence electrons. The molecule has 0 saturated heterocycles. The van der Waals surface area contributed by atoms with Gasteiger partial charge >= 0.3 is 5.97 Å². The SMILES string of the molecule is CC/C(=C\CC(=O)O)c1ccc(S(=O)(=O)CC)cc1. The number of carbonyl (C=O) groups is 1. The van der Waals surface area contributed by atoms with E-state index in [0.29, 0.717) is 11.3 Å². The van der Waals surface area contributed by atoms with E-state index in [0.717, 1.165) is 11.1 Å². The number of benzene rings is 1. The zero-order valence-electron chi connectivity index (χ0n) is 11.1. The van der Waals surface area contributed by atoms with E-state index in [4.69, 9.17) is 5.11 Å². The van der Waals surface area contributed by atoms with Crippen LogP contribution in [0.4, 0.5) is 0 Å². The fraction of sp³-hybridized carbons (Fsp3) is 0.357. The van der Waals surface area contributed by atoms with Gasteiger partial charge in [0.15, 0.2) is 9.84 Å². The maximum absolute atomic E-state index is 11.7. The van der Waals surface area contributed by atoms with Crippen molar-refractivity contribution < 1.29 is 18.3 Å². The Bertz CT molecular complexity index is 568. The topological polar surface area (TPSA) is 71.4 Å². The summed E-state index contributed by atoms with van der Waals surface area (Å²) in [6, 6.07) is 6.58. The number of rotatable bonds is 6. The summed E-state index contributed by atoms with van der Waals surface area (Å²) in [6.07, 6.45) is 2.33. The molecule has 0 aliphatic heterocycles. The zero-order chi connectivity index (χ0) is 14.5. The van der Waals surface area contributed by atoms with Gasteiger partial charge in [-0.15, -0.1) is 0 Å². The van der Waals surface area contributed by atoms with Gasteiger partial charge in [0, 0.05) is 0 Å². The standard InChI is InChI=1S/C14H18O4S/c1-3-11(7-10-14(15)16)12-5-8-13(9-6-12)19(17,18)4-2/h5-9H,3-4,10H2,1-2H3,(H,15,16)/b11-7+. The average Bonchev–Trinajstić information content (AvgIpc) is 2.39.